The molecule has 3 N–H and O–H groups in total. The number of aryl methyl sites for hydroxylation is 1. The van der Waals surface area contributed by atoms with Crippen LogP contribution in [0.25, 0.3) is 0 Å². The maximum atomic E-state index is 11.6. The molecule has 5 nitrogen and oxygen atoms in total. The van der Waals surface area contributed by atoms with E-state index in [9.17, 15) is 4.79 Å². The van der Waals surface area contributed by atoms with Crippen molar-refractivity contribution < 1.29 is 9.53 Å². The molecule has 1 amide bonds. The van der Waals surface area contributed by atoms with Crippen LogP contribution in [0.4, 0.5) is 0 Å². The van der Waals surface area contributed by atoms with E-state index in [0.717, 1.165) is 24.2 Å². The van der Waals surface area contributed by atoms with Crippen LogP contribution >= 0.6 is 0 Å². The van der Waals surface area contributed by atoms with Crippen LogP contribution in [0.3, 0.4) is 0 Å². The van der Waals surface area contributed by atoms with Crippen molar-refractivity contribution in [3.8, 4) is 5.75 Å². The molecule has 0 radical (unpaired) electrons. The Morgan fingerprint density at radius 3 is 2.95 bits per heavy atom. The summed E-state index contributed by atoms with van der Waals surface area (Å²) in [6.07, 6.45) is 2.79. The number of hydrogen-bond acceptors (Lipinski definition) is 4. The summed E-state index contributed by atoms with van der Waals surface area (Å²) in [6, 6.07) is 4.09. The van der Waals surface area contributed by atoms with Gasteiger partial charge in [-0.3, -0.25) is 9.78 Å². The molecule has 1 atom stereocenters. The number of nitrogens with two attached hydrogens (primary N) is 1. The molecular formula is C14H21N3O2. The van der Waals surface area contributed by atoms with Gasteiger partial charge >= 0.3 is 0 Å². The van der Waals surface area contributed by atoms with Crippen molar-refractivity contribution in [3.05, 3.63) is 23.5 Å². The van der Waals surface area contributed by atoms with E-state index in [1.807, 2.05) is 26.0 Å². The first kappa shape index (κ1) is 13.8. The van der Waals surface area contributed by atoms with E-state index in [1.165, 1.54) is 0 Å². The van der Waals surface area contributed by atoms with Gasteiger partial charge in [-0.05, 0) is 38.8 Å². The van der Waals surface area contributed by atoms with E-state index in [1.54, 1.807) is 0 Å². The van der Waals surface area contributed by atoms with E-state index in [0.29, 0.717) is 18.2 Å². The Kier molecular flexibility index (Phi) is 4.37. The molecule has 5 heteroatoms. The number of rotatable bonds is 6. The van der Waals surface area contributed by atoms with Crippen molar-refractivity contribution in [1.29, 1.82) is 0 Å². The van der Waals surface area contributed by atoms with Crippen LogP contribution in [0.1, 0.15) is 31.2 Å². The Morgan fingerprint density at radius 1 is 1.58 bits per heavy atom. The maximum absolute atomic E-state index is 11.6. The Hall–Kier alpha value is -1.62. The summed E-state index contributed by atoms with van der Waals surface area (Å²) in [5.41, 5.74) is 7.53. The lowest BCUT2D eigenvalue weighted by Crippen LogP contribution is -2.30. The third-order valence-corrected chi connectivity index (χ3v) is 2.89. The number of carbonyl (C=O) groups is 1. The molecule has 1 aromatic rings. The molecule has 2 rings (SSSR count). The van der Waals surface area contributed by atoms with Gasteiger partial charge in [0.1, 0.15) is 5.75 Å². The zero-order valence-electron chi connectivity index (χ0n) is 11.5. The minimum Gasteiger partial charge on any atom is -0.482 e. The van der Waals surface area contributed by atoms with Crippen molar-refractivity contribution in [3.63, 3.8) is 0 Å². The SMILES string of the molecule is Cc1ccc(OCC(=O)NC2CC2)c(CC(C)N)n1. The fraction of sp³-hybridized carbons (Fsp3) is 0.571. The number of amides is 1. The van der Waals surface area contributed by atoms with Gasteiger partial charge in [0, 0.05) is 24.2 Å². The molecule has 1 aliphatic rings. The third-order valence-electron chi connectivity index (χ3n) is 2.89. The second kappa shape index (κ2) is 6.02. The molecule has 1 aromatic heterocycles. The molecule has 0 bridgehead atoms. The zero-order chi connectivity index (χ0) is 13.8. The molecule has 1 heterocycles. The fourth-order valence-electron chi connectivity index (χ4n) is 1.82. The van der Waals surface area contributed by atoms with E-state index in [2.05, 4.69) is 10.3 Å². The van der Waals surface area contributed by atoms with E-state index in [-0.39, 0.29) is 18.6 Å². The van der Waals surface area contributed by atoms with E-state index in [4.69, 9.17) is 10.5 Å². The highest BCUT2D eigenvalue weighted by Crippen LogP contribution is 2.20. The first-order chi connectivity index (χ1) is 9.04. The summed E-state index contributed by atoms with van der Waals surface area (Å²) in [4.78, 5) is 16.0. The van der Waals surface area contributed by atoms with Crippen molar-refractivity contribution in [2.24, 2.45) is 5.73 Å². The van der Waals surface area contributed by atoms with Gasteiger partial charge < -0.3 is 15.8 Å². The molecule has 1 unspecified atom stereocenters. The van der Waals surface area contributed by atoms with Crippen molar-refractivity contribution in [2.75, 3.05) is 6.61 Å². The number of carbonyl (C=O) groups excluding carboxylic acids is 1. The Labute approximate surface area is 113 Å². The summed E-state index contributed by atoms with van der Waals surface area (Å²) in [6.45, 7) is 3.88. The van der Waals surface area contributed by atoms with E-state index < -0.39 is 0 Å². The van der Waals surface area contributed by atoms with Crippen molar-refractivity contribution in [2.45, 2.75) is 45.2 Å². The standard InChI is InChI=1S/C14H21N3O2/c1-9(15)7-12-13(6-3-10(2)16-12)19-8-14(18)17-11-4-5-11/h3,6,9,11H,4-5,7-8,15H2,1-2H3,(H,17,18). The van der Waals surface area contributed by atoms with Crippen LogP contribution in [-0.2, 0) is 11.2 Å². The number of aromatic nitrogens is 1. The lowest BCUT2D eigenvalue weighted by molar-refractivity contribution is -0.123. The van der Waals surface area contributed by atoms with Gasteiger partial charge in [0.25, 0.3) is 5.91 Å². The molecule has 0 saturated heterocycles. The molecule has 0 aliphatic heterocycles. The number of nitrogens with zero attached hydrogens (tertiary/aromatic N) is 1. The molecule has 0 aromatic carbocycles. The third kappa shape index (κ3) is 4.52. The number of ether oxygens (including phenoxy) is 1. The Balaban J connectivity index is 1.95. The lowest BCUT2D eigenvalue weighted by atomic mass is 10.1. The Bertz CT molecular complexity index is 456. The van der Waals surface area contributed by atoms with Gasteiger partial charge in [-0.2, -0.15) is 0 Å². The summed E-state index contributed by atoms with van der Waals surface area (Å²) in [7, 11) is 0. The minimum atomic E-state index is -0.0742. The first-order valence-electron chi connectivity index (χ1n) is 6.69. The summed E-state index contributed by atoms with van der Waals surface area (Å²) >= 11 is 0. The predicted octanol–water partition coefficient (Wildman–Crippen LogP) is 0.937. The second-order valence-corrected chi connectivity index (χ2v) is 5.21. The lowest BCUT2D eigenvalue weighted by Gasteiger charge is -2.13. The fourth-order valence-corrected chi connectivity index (χ4v) is 1.82. The van der Waals surface area contributed by atoms with Gasteiger partial charge in [-0.15, -0.1) is 0 Å². The predicted molar refractivity (Wildman–Crippen MR) is 73.0 cm³/mol. The van der Waals surface area contributed by atoms with Crippen LogP contribution in [0.5, 0.6) is 5.75 Å². The highest BCUT2D eigenvalue weighted by Gasteiger charge is 2.23. The van der Waals surface area contributed by atoms with Gasteiger partial charge in [0.15, 0.2) is 6.61 Å². The molecule has 104 valence electrons. The summed E-state index contributed by atoms with van der Waals surface area (Å²) in [5, 5.41) is 2.89. The van der Waals surface area contributed by atoms with Gasteiger partial charge in [0.2, 0.25) is 0 Å². The minimum absolute atomic E-state index is 0.0111. The van der Waals surface area contributed by atoms with Gasteiger partial charge in [0.05, 0.1) is 5.69 Å². The second-order valence-electron chi connectivity index (χ2n) is 5.21. The average molecular weight is 263 g/mol. The summed E-state index contributed by atoms with van der Waals surface area (Å²) < 4.78 is 5.55. The first-order valence-corrected chi connectivity index (χ1v) is 6.69. The molecule has 1 fully saturated rings. The number of hydrogen-bond donors (Lipinski definition) is 2. The largest absolute Gasteiger partial charge is 0.482 e. The van der Waals surface area contributed by atoms with Gasteiger partial charge in [-0.1, -0.05) is 0 Å². The van der Waals surface area contributed by atoms with Crippen LogP contribution in [-0.4, -0.2) is 29.6 Å². The molecule has 1 saturated carbocycles. The Morgan fingerprint density at radius 2 is 2.32 bits per heavy atom. The highest BCUT2D eigenvalue weighted by atomic mass is 16.5. The monoisotopic (exact) mass is 263 g/mol. The molecule has 19 heavy (non-hydrogen) atoms. The topological polar surface area (TPSA) is 77.2 Å². The van der Waals surface area contributed by atoms with Crippen molar-refractivity contribution >= 4 is 5.91 Å². The van der Waals surface area contributed by atoms with Gasteiger partial charge in [-0.25, -0.2) is 0 Å². The van der Waals surface area contributed by atoms with Crippen LogP contribution in [0.2, 0.25) is 0 Å². The summed E-state index contributed by atoms with van der Waals surface area (Å²) in [5.74, 6) is 0.573. The van der Waals surface area contributed by atoms with Crippen LogP contribution in [0, 0.1) is 6.92 Å². The van der Waals surface area contributed by atoms with Crippen LogP contribution in [0.15, 0.2) is 12.1 Å². The van der Waals surface area contributed by atoms with Crippen molar-refractivity contribution in [1.82, 2.24) is 10.3 Å². The average Bonchev–Trinajstić information content (AvgIpc) is 3.11. The number of nitrogens with one attached hydrogen (secondary N) is 1. The number of pyridine rings is 1. The smallest absolute Gasteiger partial charge is 0.258 e. The molecular weight excluding hydrogens is 242 g/mol. The normalized spacial score (nSPS) is 15.9. The highest BCUT2D eigenvalue weighted by molar-refractivity contribution is 5.78. The van der Waals surface area contributed by atoms with Crippen LogP contribution < -0.4 is 15.8 Å². The molecule has 1 aliphatic carbocycles. The maximum Gasteiger partial charge on any atom is 0.258 e. The quantitative estimate of drug-likeness (QED) is 0.800. The van der Waals surface area contributed by atoms with E-state index >= 15 is 0 Å². The zero-order valence-corrected chi connectivity index (χ0v) is 11.5. The molecule has 0 spiro atoms.